The zero-order valence-corrected chi connectivity index (χ0v) is 16.9. The van der Waals surface area contributed by atoms with Crippen molar-refractivity contribution in [1.82, 2.24) is 16.0 Å². The molecule has 0 heterocycles. The van der Waals surface area contributed by atoms with E-state index in [1.54, 1.807) is 0 Å². The number of carbonyl (C=O) groups is 1. The largest absolute Gasteiger partial charge is 0.484 e. The quantitative estimate of drug-likeness (QED) is 0.461. The molecule has 28 heavy (non-hydrogen) atoms. The minimum absolute atomic E-state index is 0.0192. The van der Waals surface area contributed by atoms with Crippen LogP contribution < -0.4 is 20.7 Å². The van der Waals surface area contributed by atoms with Crippen LogP contribution in [0.2, 0.25) is 0 Å². The van der Waals surface area contributed by atoms with Crippen molar-refractivity contribution in [3.8, 4) is 5.75 Å². The molecule has 2 aromatic carbocycles. The summed E-state index contributed by atoms with van der Waals surface area (Å²) >= 11 is 0. The van der Waals surface area contributed by atoms with Gasteiger partial charge in [-0.3, -0.25) is 4.79 Å². The summed E-state index contributed by atoms with van der Waals surface area (Å²) in [6, 6.07) is 16.1. The molecule has 2 rings (SSSR count). The second-order valence-electron chi connectivity index (χ2n) is 6.43. The van der Waals surface area contributed by atoms with E-state index in [0.717, 1.165) is 18.1 Å². The second kappa shape index (κ2) is 11.6. The number of hydrogen-bond acceptors (Lipinski definition) is 3. The summed E-state index contributed by atoms with van der Waals surface area (Å²) in [7, 11) is 0. The van der Waals surface area contributed by atoms with Crippen molar-refractivity contribution in [2.24, 2.45) is 4.99 Å². The first kappa shape index (κ1) is 21.3. The zero-order valence-electron chi connectivity index (χ0n) is 16.9. The average Bonchev–Trinajstić information content (AvgIpc) is 2.69. The lowest BCUT2D eigenvalue weighted by atomic mass is 10.1. The lowest BCUT2D eigenvalue weighted by molar-refractivity contribution is -0.122. The Morgan fingerprint density at radius 3 is 2.46 bits per heavy atom. The monoisotopic (exact) mass is 382 g/mol. The molecule has 0 bridgehead atoms. The summed E-state index contributed by atoms with van der Waals surface area (Å²) < 4.78 is 5.55. The molecule has 0 aromatic heterocycles. The lowest BCUT2D eigenvalue weighted by Gasteiger charge is -2.12. The third-order valence-corrected chi connectivity index (χ3v) is 3.95. The number of aliphatic imine (C=N–C) groups is 1. The Hall–Kier alpha value is -3.02. The molecule has 0 atom stereocenters. The van der Waals surface area contributed by atoms with Gasteiger partial charge in [0, 0.05) is 19.6 Å². The van der Waals surface area contributed by atoms with Gasteiger partial charge in [0.25, 0.3) is 5.91 Å². The Bertz CT molecular complexity index is 790. The molecular formula is C22H30N4O2. The van der Waals surface area contributed by atoms with Crippen molar-refractivity contribution >= 4 is 11.9 Å². The van der Waals surface area contributed by atoms with Crippen LogP contribution in [0.3, 0.4) is 0 Å². The molecule has 150 valence electrons. The number of guanidine groups is 1. The van der Waals surface area contributed by atoms with Gasteiger partial charge in [-0.05, 0) is 44.0 Å². The molecule has 2 aromatic rings. The highest BCUT2D eigenvalue weighted by Gasteiger charge is 2.03. The van der Waals surface area contributed by atoms with Crippen molar-refractivity contribution in [2.75, 3.05) is 19.7 Å². The van der Waals surface area contributed by atoms with Crippen molar-refractivity contribution in [2.45, 2.75) is 33.9 Å². The van der Waals surface area contributed by atoms with Crippen molar-refractivity contribution in [1.29, 1.82) is 0 Å². The SMILES string of the molecule is CCNC(=O)COc1cccc(CNC(=NCc2cccc(C)c2)NCC)c1. The minimum Gasteiger partial charge on any atom is -0.484 e. The number of nitrogens with one attached hydrogen (secondary N) is 3. The van der Waals surface area contributed by atoms with Gasteiger partial charge >= 0.3 is 0 Å². The standard InChI is InChI=1S/C22H30N4O2/c1-4-23-21(27)16-28-20-11-7-10-19(13-20)15-26-22(24-5-2)25-14-18-9-6-8-17(3)12-18/h6-13H,4-5,14-16H2,1-3H3,(H,23,27)(H2,24,25,26). The second-order valence-corrected chi connectivity index (χ2v) is 6.43. The molecule has 0 spiro atoms. The topological polar surface area (TPSA) is 74.8 Å². The molecule has 0 fully saturated rings. The van der Waals surface area contributed by atoms with Crippen LogP contribution in [0.25, 0.3) is 0 Å². The first-order valence-corrected chi connectivity index (χ1v) is 9.67. The van der Waals surface area contributed by atoms with Crippen LogP contribution in [-0.4, -0.2) is 31.6 Å². The molecular weight excluding hydrogens is 352 g/mol. The van der Waals surface area contributed by atoms with E-state index in [0.29, 0.717) is 25.4 Å². The Balaban J connectivity index is 1.92. The third-order valence-electron chi connectivity index (χ3n) is 3.95. The van der Waals surface area contributed by atoms with Crippen LogP contribution in [0.5, 0.6) is 5.75 Å². The number of rotatable bonds is 9. The first-order chi connectivity index (χ1) is 13.6. The van der Waals surface area contributed by atoms with Gasteiger partial charge in [0.05, 0.1) is 6.54 Å². The number of aryl methyl sites for hydroxylation is 1. The summed E-state index contributed by atoms with van der Waals surface area (Å²) in [5.74, 6) is 1.31. The van der Waals surface area contributed by atoms with E-state index in [1.165, 1.54) is 11.1 Å². The number of hydrogen-bond donors (Lipinski definition) is 3. The fourth-order valence-electron chi connectivity index (χ4n) is 2.65. The number of likely N-dealkylation sites (N-methyl/N-ethyl adjacent to an activating group) is 1. The summed E-state index contributed by atoms with van der Waals surface area (Å²) in [6.45, 7) is 8.64. The van der Waals surface area contributed by atoms with Gasteiger partial charge in [0.1, 0.15) is 5.75 Å². The molecule has 6 nitrogen and oxygen atoms in total. The molecule has 1 amide bonds. The van der Waals surface area contributed by atoms with Crippen molar-refractivity contribution in [3.05, 3.63) is 65.2 Å². The predicted molar refractivity (Wildman–Crippen MR) is 113 cm³/mol. The van der Waals surface area contributed by atoms with Gasteiger partial charge in [-0.25, -0.2) is 4.99 Å². The molecule has 0 aliphatic heterocycles. The van der Waals surface area contributed by atoms with E-state index in [-0.39, 0.29) is 12.5 Å². The maximum Gasteiger partial charge on any atom is 0.257 e. The Morgan fingerprint density at radius 2 is 1.71 bits per heavy atom. The van der Waals surface area contributed by atoms with Gasteiger partial charge in [-0.1, -0.05) is 42.0 Å². The average molecular weight is 383 g/mol. The Kier molecular flexibility index (Phi) is 8.85. The number of nitrogens with zero attached hydrogens (tertiary/aromatic N) is 1. The molecule has 3 N–H and O–H groups in total. The normalized spacial score (nSPS) is 11.0. The third kappa shape index (κ3) is 7.70. The lowest BCUT2D eigenvalue weighted by Crippen LogP contribution is -2.36. The predicted octanol–water partition coefficient (Wildman–Crippen LogP) is 2.77. The van der Waals surface area contributed by atoms with E-state index in [1.807, 2.05) is 44.2 Å². The van der Waals surface area contributed by atoms with E-state index >= 15 is 0 Å². The molecule has 0 radical (unpaired) electrons. The fourth-order valence-corrected chi connectivity index (χ4v) is 2.65. The van der Waals surface area contributed by atoms with E-state index in [2.05, 4.69) is 46.1 Å². The molecule has 0 saturated carbocycles. The van der Waals surface area contributed by atoms with E-state index in [4.69, 9.17) is 4.74 Å². The highest BCUT2D eigenvalue weighted by atomic mass is 16.5. The van der Waals surface area contributed by atoms with Gasteiger partial charge < -0.3 is 20.7 Å². The van der Waals surface area contributed by atoms with Gasteiger partial charge in [0.15, 0.2) is 12.6 Å². The number of amides is 1. The van der Waals surface area contributed by atoms with Crippen molar-refractivity contribution in [3.63, 3.8) is 0 Å². The number of carbonyl (C=O) groups excluding carboxylic acids is 1. The van der Waals surface area contributed by atoms with Crippen LogP contribution >= 0.6 is 0 Å². The van der Waals surface area contributed by atoms with Gasteiger partial charge in [-0.15, -0.1) is 0 Å². The zero-order chi connectivity index (χ0) is 20.2. The van der Waals surface area contributed by atoms with Crippen LogP contribution in [-0.2, 0) is 17.9 Å². The van der Waals surface area contributed by atoms with Crippen LogP contribution in [0.15, 0.2) is 53.5 Å². The first-order valence-electron chi connectivity index (χ1n) is 9.67. The summed E-state index contributed by atoms with van der Waals surface area (Å²) in [5, 5.41) is 9.31. The maximum atomic E-state index is 11.5. The maximum absolute atomic E-state index is 11.5. The van der Waals surface area contributed by atoms with Crippen LogP contribution in [0.4, 0.5) is 0 Å². The minimum atomic E-state index is -0.122. The molecule has 0 aliphatic rings. The number of benzene rings is 2. The summed E-state index contributed by atoms with van der Waals surface area (Å²) in [6.07, 6.45) is 0. The molecule has 0 aliphatic carbocycles. The van der Waals surface area contributed by atoms with E-state index < -0.39 is 0 Å². The molecule has 6 heteroatoms. The van der Waals surface area contributed by atoms with E-state index in [9.17, 15) is 4.79 Å². The Morgan fingerprint density at radius 1 is 0.964 bits per heavy atom. The van der Waals surface area contributed by atoms with Gasteiger partial charge in [0.2, 0.25) is 0 Å². The smallest absolute Gasteiger partial charge is 0.257 e. The van der Waals surface area contributed by atoms with Crippen LogP contribution in [0, 0.1) is 6.92 Å². The highest BCUT2D eigenvalue weighted by molar-refractivity contribution is 5.79. The Labute approximate surface area is 167 Å². The van der Waals surface area contributed by atoms with Gasteiger partial charge in [-0.2, -0.15) is 0 Å². The summed E-state index contributed by atoms with van der Waals surface area (Å²) in [4.78, 5) is 16.2. The highest BCUT2D eigenvalue weighted by Crippen LogP contribution is 2.13. The fraction of sp³-hybridized carbons (Fsp3) is 0.364. The number of ether oxygens (including phenoxy) is 1. The van der Waals surface area contributed by atoms with Crippen LogP contribution in [0.1, 0.15) is 30.5 Å². The van der Waals surface area contributed by atoms with Crippen molar-refractivity contribution < 1.29 is 9.53 Å². The summed E-state index contributed by atoms with van der Waals surface area (Å²) in [5.41, 5.74) is 3.46. The molecule has 0 unspecified atom stereocenters. The molecule has 0 saturated heterocycles.